The Balaban J connectivity index is 1.73. The smallest absolute Gasteiger partial charge is 0.250 e. The third kappa shape index (κ3) is 3.37. The highest BCUT2D eigenvalue weighted by Gasteiger charge is 2.37. The van der Waals surface area contributed by atoms with Gasteiger partial charge in [0.1, 0.15) is 0 Å². The first kappa shape index (κ1) is 20.3. The van der Waals surface area contributed by atoms with Gasteiger partial charge >= 0.3 is 0 Å². The molecular weight excluding hydrogens is 388 g/mol. The van der Waals surface area contributed by atoms with E-state index in [1.54, 1.807) is 0 Å². The van der Waals surface area contributed by atoms with Crippen LogP contribution in [0.2, 0.25) is 0 Å². The van der Waals surface area contributed by atoms with E-state index < -0.39 is 5.91 Å². The van der Waals surface area contributed by atoms with E-state index in [-0.39, 0.29) is 11.2 Å². The average Bonchev–Trinajstić information content (AvgIpc) is 3.24. The van der Waals surface area contributed by atoms with Gasteiger partial charge in [-0.25, -0.2) is 0 Å². The van der Waals surface area contributed by atoms with Crippen LogP contribution in [0, 0.1) is 12.3 Å². The normalized spacial score (nSPS) is 22.7. The van der Waals surface area contributed by atoms with Crippen LogP contribution < -0.4 is 11.1 Å². The maximum absolute atomic E-state index is 13.2. The summed E-state index contributed by atoms with van der Waals surface area (Å²) in [5.41, 5.74) is 12.3. The van der Waals surface area contributed by atoms with Crippen molar-refractivity contribution in [1.82, 2.24) is 9.47 Å². The van der Waals surface area contributed by atoms with Crippen LogP contribution in [0.25, 0.3) is 5.69 Å². The number of nitrogens with one attached hydrogen (secondary N) is 1. The van der Waals surface area contributed by atoms with Gasteiger partial charge in [-0.15, -0.1) is 0 Å². The Morgan fingerprint density at radius 1 is 1.19 bits per heavy atom. The van der Waals surface area contributed by atoms with Gasteiger partial charge in [-0.1, -0.05) is 13.8 Å². The van der Waals surface area contributed by atoms with Crippen LogP contribution in [-0.2, 0) is 12.8 Å². The molecule has 0 radical (unpaired) electrons. The molecule has 1 aromatic carbocycles. The largest absolute Gasteiger partial charge is 0.383 e. The molecule has 1 aromatic heterocycles. The number of aromatic nitrogens is 1. The van der Waals surface area contributed by atoms with Gasteiger partial charge in [-0.05, 0) is 61.9 Å². The molecule has 0 spiro atoms. The number of ketones is 1. The van der Waals surface area contributed by atoms with E-state index in [1.165, 1.54) is 12.1 Å². The molecule has 6 heteroatoms. The number of nitrogens with two attached hydrogens (primary N) is 1. The van der Waals surface area contributed by atoms with Crippen molar-refractivity contribution >= 4 is 17.4 Å². The van der Waals surface area contributed by atoms with Crippen LogP contribution in [0.5, 0.6) is 0 Å². The van der Waals surface area contributed by atoms with Crippen molar-refractivity contribution in [2.45, 2.75) is 58.9 Å². The number of hydrogen-bond acceptors (Lipinski definition) is 4. The number of carbonyl (C=O) groups excluding carboxylic acids is 2. The summed E-state index contributed by atoms with van der Waals surface area (Å²) in [6, 6.07) is 6.28. The van der Waals surface area contributed by atoms with E-state index in [0.717, 1.165) is 67.1 Å². The molecule has 31 heavy (non-hydrogen) atoms. The van der Waals surface area contributed by atoms with E-state index >= 15 is 0 Å². The number of rotatable bonds is 1. The first-order valence-corrected chi connectivity index (χ1v) is 11.4. The Hall–Kier alpha value is -2.60. The van der Waals surface area contributed by atoms with E-state index in [0.29, 0.717) is 18.0 Å². The van der Waals surface area contributed by atoms with Gasteiger partial charge in [-0.3, -0.25) is 14.5 Å². The second-order valence-electron chi connectivity index (χ2n) is 10.2. The third-order valence-corrected chi connectivity index (χ3v) is 7.39. The summed E-state index contributed by atoms with van der Waals surface area (Å²) in [5.74, 6) is -0.170. The number of amides is 1. The second-order valence-corrected chi connectivity index (χ2v) is 10.2. The van der Waals surface area contributed by atoms with Gasteiger partial charge in [0.15, 0.2) is 5.78 Å². The molecule has 0 saturated carbocycles. The fourth-order valence-corrected chi connectivity index (χ4v) is 5.92. The molecule has 1 saturated heterocycles. The summed E-state index contributed by atoms with van der Waals surface area (Å²) >= 11 is 0. The highest BCUT2D eigenvalue weighted by molar-refractivity contribution is 6.01. The van der Waals surface area contributed by atoms with Crippen LogP contribution in [0.1, 0.15) is 70.8 Å². The van der Waals surface area contributed by atoms with Crippen LogP contribution >= 0.6 is 0 Å². The Labute approximate surface area is 183 Å². The summed E-state index contributed by atoms with van der Waals surface area (Å²) in [4.78, 5) is 27.8. The maximum Gasteiger partial charge on any atom is 0.250 e. The molecule has 6 nitrogen and oxygen atoms in total. The van der Waals surface area contributed by atoms with Gasteiger partial charge < -0.3 is 15.6 Å². The molecule has 3 N–H and O–H groups in total. The van der Waals surface area contributed by atoms with Crippen LogP contribution in [-0.4, -0.2) is 46.8 Å². The fourth-order valence-electron chi connectivity index (χ4n) is 5.92. The predicted octanol–water partition coefficient (Wildman–Crippen LogP) is 3.47. The van der Waals surface area contributed by atoms with E-state index in [4.69, 9.17) is 5.73 Å². The van der Waals surface area contributed by atoms with Crippen molar-refractivity contribution in [2.75, 3.05) is 25.0 Å². The molecule has 3 heterocycles. The molecule has 0 unspecified atom stereocenters. The first-order chi connectivity index (χ1) is 14.7. The lowest BCUT2D eigenvalue weighted by Gasteiger charge is -2.30. The molecule has 5 rings (SSSR count). The SMILES string of the molecule is Cc1c2c(n3c1CCN1CCC[C@@H]1CNc1cc-3ccc1C(N)=O)CC(C)(C)CC2=O. The van der Waals surface area contributed by atoms with Crippen molar-refractivity contribution in [1.29, 1.82) is 0 Å². The fraction of sp³-hybridized carbons (Fsp3) is 0.520. The van der Waals surface area contributed by atoms with Crippen LogP contribution in [0.15, 0.2) is 18.2 Å². The first-order valence-electron chi connectivity index (χ1n) is 11.4. The highest BCUT2D eigenvalue weighted by Crippen LogP contribution is 2.40. The molecule has 1 fully saturated rings. The zero-order valence-electron chi connectivity index (χ0n) is 18.8. The Morgan fingerprint density at radius 3 is 2.77 bits per heavy atom. The van der Waals surface area contributed by atoms with Gasteiger partial charge in [-0.2, -0.15) is 0 Å². The molecule has 1 atom stereocenters. The standard InChI is InChI=1S/C25H32N4O2/c1-15-20-8-10-28-9-4-5-17(28)14-27-19-11-16(6-7-18(19)24(26)31)29(20)21-12-25(2,3)13-22(30)23(15)21/h6-7,11,17,27H,4-5,8-10,12-14H2,1-3H3,(H2,26,31)/t17-/m1/s1. The summed E-state index contributed by atoms with van der Waals surface area (Å²) < 4.78 is 2.30. The molecule has 1 amide bonds. The van der Waals surface area contributed by atoms with Gasteiger partial charge in [0, 0.05) is 60.3 Å². The maximum atomic E-state index is 13.2. The minimum absolute atomic E-state index is 0.0633. The number of primary amides is 1. The third-order valence-electron chi connectivity index (χ3n) is 7.39. The topological polar surface area (TPSA) is 80.4 Å². The number of hydrogen-bond donors (Lipinski definition) is 2. The van der Waals surface area contributed by atoms with Crippen molar-refractivity contribution in [3.8, 4) is 5.69 Å². The Bertz CT molecular complexity index is 1080. The van der Waals surface area contributed by atoms with Crippen LogP contribution in [0.4, 0.5) is 5.69 Å². The van der Waals surface area contributed by atoms with E-state index in [9.17, 15) is 9.59 Å². The highest BCUT2D eigenvalue weighted by atomic mass is 16.1. The minimum atomic E-state index is -0.422. The number of carbonyl (C=O) groups is 2. The van der Waals surface area contributed by atoms with Crippen molar-refractivity contribution in [2.24, 2.45) is 11.1 Å². The van der Waals surface area contributed by atoms with E-state index in [2.05, 4.69) is 35.6 Å². The molecule has 3 aliphatic rings. The lowest BCUT2D eigenvalue weighted by atomic mass is 9.75. The summed E-state index contributed by atoms with van der Waals surface area (Å²) in [6.07, 6.45) is 4.71. The molecular formula is C25H32N4O2. The number of fused-ring (bicyclic) bond motifs is 7. The zero-order valence-corrected chi connectivity index (χ0v) is 18.8. The van der Waals surface area contributed by atoms with Crippen LogP contribution in [0.3, 0.4) is 0 Å². The predicted molar refractivity (Wildman–Crippen MR) is 122 cm³/mol. The number of benzene rings is 1. The van der Waals surface area contributed by atoms with Crippen molar-refractivity contribution < 1.29 is 9.59 Å². The number of Topliss-reactive ketones (excluding diaryl/α,β-unsaturated/α-hetero) is 1. The lowest BCUT2D eigenvalue weighted by Crippen LogP contribution is -2.36. The van der Waals surface area contributed by atoms with Gasteiger partial charge in [0.2, 0.25) is 0 Å². The number of nitrogens with zero attached hydrogens (tertiary/aromatic N) is 2. The molecule has 164 valence electrons. The lowest BCUT2D eigenvalue weighted by molar-refractivity contribution is 0.0909. The molecule has 2 aliphatic heterocycles. The molecule has 2 aromatic rings. The number of anilines is 1. The quantitative estimate of drug-likeness (QED) is 0.740. The molecule has 1 aliphatic carbocycles. The second kappa shape index (κ2) is 7.23. The van der Waals surface area contributed by atoms with Crippen molar-refractivity contribution in [3.05, 3.63) is 46.3 Å². The van der Waals surface area contributed by atoms with E-state index in [1.807, 2.05) is 18.2 Å². The summed E-state index contributed by atoms with van der Waals surface area (Å²) in [6.45, 7) is 9.34. The minimum Gasteiger partial charge on any atom is -0.383 e. The Morgan fingerprint density at radius 2 is 2.00 bits per heavy atom. The zero-order chi connectivity index (χ0) is 21.9. The Kier molecular flexibility index (Phi) is 4.74. The molecule has 2 bridgehead atoms. The van der Waals surface area contributed by atoms with Crippen molar-refractivity contribution in [3.63, 3.8) is 0 Å². The summed E-state index contributed by atoms with van der Waals surface area (Å²) in [5, 5.41) is 3.52. The van der Waals surface area contributed by atoms with Gasteiger partial charge in [0.25, 0.3) is 5.91 Å². The summed E-state index contributed by atoms with van der Waals surface area (Å²) in [7, 11) is 0. The average molecular weight is 421 g/mol. The monoisotopic (exact) mass is 420 g/mol. The van der Waals surface area contributed by atoms with Gasteiger partial charge in [0.05, 0.1) is 5.56 Å².